The average molecular weight is 261 g/mol. The highest BCUT2D eigenvalue weighted by molar-refractivity contribution is 5.39. The molecule has 0 bridgehead atoms. The van der Waals surface area contributed by atoms with Crippen LogP contribution in [0.15, 0.2) is 30.3 Å². The van der Waals surface area contributed by atoms with Crippen LogP contribution in [0.5, 0.6) is 11.5 Å². The van der Waals surface area contributed by atoms with Crippen LogP contribution < -0.4 is 4.74 Å². The van der Waals surface area contributed by atoms with Crippen molar-refractivity contribution in [2.45, 2.75) is 26.9 Å². The van der Waals surface area contributed by atoms with Gasteiger partial charge in [0.2, 0.25) is 0 Å². The number of benzene rings is 1. The number of aliphatic hydroxyl groups is 1. The number of halogens is 1. The van der Waals surface area contributed by atoms with Gasteiger partial charge in [-0.1, -0.05) is 6.92 Å². The highest BCUT2D eigenvalue weighted by Crippen LogP contribution is 2.28. The van der Waals surface area contributed by atoms with Crippen molar-refractivity contribution < 1.29 is 14.2 Å². The van der Waals surface area contributed by atoms with Gasteiger partial charge in [0.05, 0.1) is 12.3 Å². The lowest BCUT2D eigenvalue weighted by Crippen LogP contribution is -1.98. The van der Waals surface area contributed by atoms with Crippen molar-refractivity contribution in [3.63, 3.8) is 0 Å². The van der Waals surface area contributed by atoms with E-state index in [0.29, 0.717) is 17.1 Å². The number of nitrogens with zero attached hydrogens (tertiary/aromatic N) is 1. The first-order chi connectivity index (χ1) is 9.13. The third kappa shape index (κ3) is 3.09. The Hall–Kier alpha value is -1.94. The van der Waals surface area contributed by atoms with Gasteiger partial charge in [-0.15, -0.1) is 0 Å². The summed E-state index contributed by atoms with van der Waals surface area (Å²) in [5.74, 6) is 0.688. The molecular formula is C15H16FNO2. The molecule has 0 saturated carbocycles. The number of aromatic nitrogens is 1. The van der Waals surface area contributed by atoms with Gasteiger partial charge >= 0.3 is 0 Å². The summed E-state index contributed by atoms with van der Waals surface area (Å²) >= 11 is 0. The molecule has 0 fully saturated rings. The third-order valence-corrected chi connectivity index (χ3v) is 2.82. The molecule has 4 heteroatoms. The molecule has 0 spiro atoms. The topological polar surface area (TPSA) is 42.4 Å². The molecule has 2 aromatic rings. The third-order valence-electron chi connectivity index (χ3n) is 2.82. The van der Waals surface area contributed by atoms with E-state index in [-0.39, 0.29) is 6.61 Å². The number of ether oxygens (including phenoxy) is 1. The maximum Gasteiger partial charge on any atom is 0.148 e. The molecule has 0 aliphatic rings. The predicted molar refractivity (Wildman–Crippen MR) is 70.7 cm³/mol. The fourth-order valence-electron chi connectivity index (χ4n) is 1.83. The molecule has 0 atom stereocenters. The predicted octanol–water partition coefficient (Wildman–Crippen LogP) is 3.38. The molecule has 0 saturated heterocycles. The summed E-state index contributed by atoms with van der Waals surface area (Å²) in [4.78, 5) is 4.40. The highest BCUT2D eigenvalue weighted by Gasteiger charge is 2.09. The summed E-state index contributed by atoms with van der Waals surface area (Å²) in [5.41, 5.74) is 2.18. The van der Waals surface area contributed by atoms with E-state index in [4.69, 9.17) is 4.74 Å². The molecular weight excluding hydrogens is 245 g/mol. The van der Waals surface area contributed by atoms with E-state index in [9.17, 15) is 9.50 Å². The summed E-state index contributed by atoms with van der Waals surface area (Å²) in [6.45, 7) is 3.64. The smallest absolute Gasteiger partial charge is 0.148 e. The van der Waals surface area contributed by atoms with Crippen LogP contribution in [0.4, 0.5) is 4.39 Å². The summed E-state index contributed by atoms with van der Waals surface area (Å²) in [6.07, 6.45) is 0.743. The molecule has 2 rings (SSSR count). The molecule has 1 heterocycles. The van der Waals surface area contributed by atoms with Gasteiger partial charge in [-0.25, -0.2) is 4.39 Å². The largest absolute Gasteiger partial charge is 0.455 e. The van der Waals surface area contributed by atoms with E-state index in [1.54, 1.807) is 0 Å². The van der Waals surface area contributed by atoms with Gasteiger partial charge in [0.1, 0.15) is 17.3 Å². The first kappa shape index (κ1) is 13.5. The van der Waals surface area contributed by atoms with Gasteiger partial charge in [0.15, 0.2) is 0 Å². The zero-order valence-corrected chi connectivity index (χ0v) is 11.0. The monoisotopic (exact) mass is 261 g/mol. The minimum atomic E-state index is -0.394. The van der Waals surface area contributed by atoms with E-state index in [1.165, 1.54) is 18.2 Å². The Balaban J connectivity index is 2.36. The van der Waals surface area contributed by atoms with Crippen molar-refractivity contribution >= 4 is 0 Å². The zero-order chi connectivity index (χ0) is 13.8. The van der Waals surface area contributed by atoms with Crippen LogP contribution in [-0.4, -0.2) is 10.1 Å². The Bertz CT molecular complexity index is 533. The van der Waals surface area contributed by atoms with Crippen molar-refractivity contribution in [1.82, 2.24) is 4.98 Å². The normalized spacial score (nSPS) is 10.5. The second-order valence-corrected chi connectivity index (χ2v) is 4.26. The first-order valence-electron chi connectivity index (χ1n) is 6.17. The van der Waals surface area contributed by atoms with Crippen LogP contribution in [0.2, 0.25) is 0 Å². The average Bonchev–Trinajstić information content (AvgIpc) is 2.42. The summed E-state index contributed by atoms with van der Waals surface area (Å²) in [6, 6.07) is 7.78. The molecule has 3 nitrogen and oxygen atoms in total. The van der Waals surface area contributed by atoms with E-state index in [2.05, 4.69) is 4.98 Å². The summed E-state index contributed by atoms with van der Waals surface area (Å²) in [5, 5.41) is 9.23. The van der Waals surface area contributed by atoms with Crippen LogP contribution >= 0.6 is 0 Å². The van der Waals surface area contributed by atoms with E-state index >= 15 is 0 Å². The van der Waals surface area contributed by atoms with Gasteiger partial charge in [0, 0.05) is 11.3 Å². The van der Waals surface area contributed by atoms with E-state index in [0.717, 1.165) is 17.8 Å². The van der Waals surface area contributed by atoms with Gasteiger partial charge < -0.3 is 9.84 Å². The van der Waals surface area contributed by atoms with E-state index in [1.807, 2.05) is 26.0 Å². The number of aliphatic hydroxyl groups excluding tert-OH is 1. The van der Waals surface area contributed by atoms with Gasteiger partial charge in [-0.2, -0.15) is 0 Å². The molecule has 19 heavy (non-hydrogen) atoms. The molecule has 1 aromatic carbocycles. The molecule has 0 aliphatic carbocycles. The number of hydrogen-bond acceptors (Lipinski definition) is 3. The highest BCUT2D eigenvalue weighted by atomic mass is 19.1. The van der Waals surface area contributed by atoms with Crippen LogP contribution in [0.1, 0.15) is 23.9 Å². The first-order valence-corrected chi connectivity index (χ1v) is 6.17. The van der Waals surface area contributed by atoms with Crippen molar-refractivity contribution in [2.75, 3.05) is 0 Å². The van der Waals surface area contributed by atoms with Gasteiger partial charge in [0.25, 0.3) is 0 Å². The SMILES string of the molecule is CCc1nc(C)ccc1Oc1ccc(F)cc1CO. The maximum absolute atomic E-state index is 13.1. The van der Waals surface area contributed by atoms with Crippen LogP contribution in [-0.2, 0) is 13.0 Å². The standard InChI is InChI=1S/C15H16FNO2/c1-3-13-15(6-4-10(2)17-13)19-14-7-5-12(16)8-11(14)9-18/h4-8,18H,3,9H2,1-2H3. The molecule has 0 unspecified atom stereocenters. The number of rotatable bonds is 4. The number of aryl methyl sites for hydroxylation is 2. The summed E-state index contributed by atoms with van der Waals surface area (Å²) in [7, 11) is 0. The zero-order valence-electron chi connectivity index (χ0n) is 11.0. The minimum Gasteiger partial charge on any atom is -0.455 e. The second kappa shape index (κ2) is 5.80. The molecule has 0 aliphatic heterocycles. The van der Waals surface area contributed by atoms with Crippen LogP contribution in [0.25, 0.3) is 0 Å². The Kier molecular flexibility index (Phi) is 4.12. The van der Waals surface area contributed by atoms with Crippen LogP contribution in [0.3, 0.4) is 0 Å². The van der Waals surface area contributed by atoms with Gasteiger partial charge in [-0.05, 0) is 43.7 Å². The maximum atomic E-state index is 13.1. The Morgan fingerprint density at radius 1 is 1.21 bits per heavy atom. The Morgan fingerprint density at radius 2 is 1.95 bits per heavy atom. The van der Waals surface area contributed by atoms with Crippen molar-refractivity contribution in [3.8, 4) is 11.5 Å². The van der Waals surface area contributed by atoms with Crippen molar-refractivity contribution in [2.24, 2.45) is 0 Å². The molecule has 0 amide bonds. The quantitative estimate of drug-likeness (QED) is 0.917. The lowest BCUT2D eigenvalue weighted by Gasteiger charge is -2.12. The molecule has 100 valence electrons. The van der Waals surface area contributed by atoms with Crippen LogP contribution in [0, 0.1) is 12.7 Å². The van der Waals surface area contributed by atoms with Crippen molar-refractivity contribution in [3.05, 3.63) is 53.1 Å². The van der Waals surface area contributed by atoms with Gasteiger partial charge in [-0.3, -0.25) is 4.98 Å². The molecule has 0 radical (unpaired) electrons. The fourth-order valence-corrected chi connectivity index (χ4v) is 1.83. The molecule has 1 aromatic heterocycles. The Morgan fingerprint density at radius 3 is 2.63 bits per heavy atom. The fraction of sp³-hybridized carbons (Fsp3) is 0.267. The lowest BCUT2D eigenvalue weighted by molar-refractivity contribution is 0.275. The minimum absolute atomic E-state index is 0.270. The number of pyridine rings is 1. The Labute approximate surface area is 111 Å². The number of hydrogen-bond donors (Lipinski definition) is 1. The van der Waals surface area contributed by atoms with Crippen molar-refractivity contribution in [1.29, 1.82) is 0 Å². The van der Waals surface area contributed by atoms with E-state index < -0.39 is 5.82 Å². The summed E-state index contributed by atoms with van der Waals surface area (Å²) < 4.78 is 18.8. The molecule has 1 N–H and O–H groups in total. The lowest BCUT2D eigenvalue weighted by atomic mass is 10.2. The second-order valence-electron chi connectivity index (χ2n) is 4.26.